The highest BCUT2D eigenvalue weighted by molar-refractivity contribution is 5.32. The molecule has 5 nitrogen and oxygen atoms in total. The van der Waals surface area contributed by atoms with Crippen LogP contribution in [-0.2, 0) is 0 Å². The zero-order valence-corrected chi connectivity index (χ0v) is 7.66. The van der Waals surface area contributed by atoms with Crippen LogP contribution in [0.2, 0.25) is 0 Å². The molecule has 0 aromatic carbocycles. The maximum Gasteiger partial charge on any atom is 0.252 e. The topological polar surface area (TPSA) is 78.0 Å². The molecule has 0 saturated carbocycles. The molecule has 1 unspecified atom stereocenters. The second-order valence-electron chi connectivity index (χ2n) is 2.95. The third-order valence-electron chi connectivity index (χ3n) is 1.44. The molecule has 3 N–H and O–H groups in total. The molecular weight excluding hydrogens is 170 g/mol. The third-order valence-corrected chi connectivity index (χ3v) is 1.44. The minimum atomic E-state index is -0.457. The van der Waals surface area contributed by atoms with E-state index in [1.165, 1.54) is 6.07 Å². The zero-order chi connectivity index (χ0) is 9.84. The highest BCUT2D eigenvalue weighted by atomic mass is 16.3. The number of nitrogens with zero attached hydrogens (tertiary/aromatic N) is 1. The first-order chi connectivity index (χ1) is 6.08. The Morgan fingerprint density at radius 2 is 2.46 bits per heavy atom. The van der Waals surface area contributed by atoms with Crippen LogP contribution in [0, 0.1) is 6.92 Å². The summed E-state index contributed by atoms with van der Waals surface area (Å²) in [5.74, 6) is 1.04. The highest BCUT2D eigenvalue weighted by Gasteiger charge is 1.98. The molecule has 1 aromatic heterocycles. The average molecular weight is 183 g/mol. The third kappa shape index (κ3) is 3.25. The van der Waals surface area contributed by atoms with E-state index in [2.05, 4.69) is 15.3 Å². The van der Waals surface area contributed by atoms with Gasteiger partial charge in [0, 0.05) is 12.6 Å². The molecule has 1 atom stereocenters. The Morgan fingerprint density at radius 3 is 3.00 bits per heavy atom. The summed E-state index contributed by atoms with van der Waals surface area (Å²) in [6.45, 7) is 3.75. The van der Waals surface area contributed by atoms with Gasteiger partial charge in [-0.25, -0.2) is 4.98 Å². The van der Waals surface area contributed by atoms with E-state index >= 15 is 0 Å². The molecule has 0 amide bonds. The van der Waals surface area contributed by atoms with Crippen LogP contribution in [-0.4, -0.2) is 27.7 Å². The summed E-state index contributed by atoms with van der Waals surface area (Å²) in [6, 6.07) is 1.36. The Labute approximate surface area is 75.8 Å². The van der Waals surface area contributed by atoms with Gasteiger partial charge >= 0.3 is 0 Å². The Hall–Kier alpha value is -1.36. The molecule has 1 heterocycles. The number of aliphatic hydroxyl groups is 1. The average Bonchev–Trinajstić information content (AvgIpc) is 1.99. The Morgan fingerprint density at radius 1 is 1.77 bits per heavy atom. The second kappa shape index (κ2) is 4.04. The number of rotatable bonds is 3. The first-order valence-electron chi connectivity index (χ1n) is 4.08. The molecule has 0 aliphatic heterocycles. The number of hydrogen-bond acceptors (Lipinski definition) is 4. The SMILES string of the molecule is Cc1nc(NCC(C)O)cc(=O)[nH]1. The van der Waals surface area contributed by atoms with Crippen molar-refractivity contribution < 1.29 is 5.11 Å². The number of anilines is 1. The molecule has 5 heteroatoms. The molecule has 0 aliphatic rings. The molecule has 72 valence electrons. The van der Waals surface area contributed by atoms with Crippen molar-refractivity contribution in [1.29, 1.82) is 0 Å². The Kier molecular flexibility index (Phi) is 3.02. The molecule has 0 spiro atoms. The fourth-order valence-corrected chi connectivity index (χ4v) is 0.922. The number of aliphatic hydroxyl groups excluding tert-OH is 1. The van der Waals surface area contributed by atoms with Crippen LogP contribution in [0.15, 0.2) is 10.9 Å². The molecule has 0 radical (unpaired) electrons. The fourth-order valence-electron chi connectivity index (χ4n) is 0.922. The predicted molar refractivity (Wildman–Crippen MR) is 49.8 cm³/mol. The van der Waals surface area contributed by atoms with Crippen molar-refractivity contribution in [2.24, 2.45) is 0 Å². The van der Waals surface area contributed by atoms with Gasteiger partial charge in [0.25, 0.3) is 5.56 Å². The van der Waals surface area contributed by atoms with Crippen molar-refractivity contribution in [2.45, 2.75) is 20.0 Å². The Bertz CT molecular complexity index is 332. The number of nitrogens with one attached hydrogen (secondary N) is 2. The molecule has 0 fully saturated rings. The summed E-state index contributed by atoms with van der Waals surface area (Å²) >= 11 is 0. The number of hydrogen-bond donors (Lipinski definition) is 3. The van der Waals surface area contributed by atoms with Gasteiger partial charge in [-0.2, -0.15) is 0 Å². The van der Waals surface area contributed by atoms with Gasteiger partial charge in [-0.3, -0.25) is 4.79 Å². The van der Waals surface area contributed by atoms with E-state index in [1.807, 2.05) is 0 Å². The van der Waals surface area contributed by atoms with Crippen LogP contribution < -0.4 is 10.9 Å². The molecule has 0 saturated heterocycles. The predicted octanol–water partition coefficient (Wildman–Crippen LogP) is -0.129. The zero-order valence-electron chi connectivity index (χ0n) is 7.66. The van der Waals surface area contributed by atoms with E-state index in [4.69, 9.17) is 5.11 Å². The lowest BCUT2D eigenvalue weighted by atomic mass is 10.4. The number of aromatic amines is 1. The van der Waals surface area contributed by atoms with E-state index in [-0.39, 0.29) is 5.56 Å². The lowest BCUT2D eigenvalue weighted by Crippen LogP contribution is -2.18. The van der Waals surface area contributed by atoms with Crippen molar-refractivity contribution in [3.05, 3.63) is 22.2 Å². The van der Waals surface area contributed by atoms with Crippen molar-refractivity contribution in [2.75, 3.05) is 11.9 Å². The number of aromatic nitrogens is 2. The summed E-state index contributed by atoms with van der Waals surface area (Å²) in [4.78, 5) is 17.5. The van der Waals surface area contributed by atoms with Crippen LogP contribution in [0.1, 0.15) is 12.7 Å². The van der Waals surface area contributed by atoms with E-state index in [9.17, 15) is 4.79 Å². The summed E-state index contributed by atoms with van der Waals surface area (Å²) in [5, 5.41) is 11.8. The summed E-state index contributed by atoms with van der Waals surface area (Å²) in [7, 11) is 0. The van der Waals surface area contributed by atoms with Gasteiger partial charge in [-0.05, 0) is 13.8 Å². The quantitative estimate of drug-likeness (QED) is 0.610. The maximum absolute atomic E-state index is 11.0. The number of H-pyrrole nitrogens is 1. The minimum absolute atomic E-state index is 0.194. The van der Waals surface area contributed by atoms with Gasteiger partial charge in [-0.15, -0.1) is 0 Å². The largest absolute Gasteiger partial charge is 0.392 e. The first-order valence-corrected chi connectivity index (χ1v) is 4.08. The fraction of sp³-hybridized carbons (Fsp3) is 0.500. The van der Waals surface area contributed by atoms with E-state index in [1.54, 1.807) is 13.8 Å². The van der Waals surface area contributed by atoms with Crippen LogP contribution in [0.4, 0.5) is 5.82 Å². The smallest absolute Gasteiger partial charge is 0.252 e. The molecule has 0 aliphatic carbocycles. The first kappa shape index (κ1) is 9.73. The second-order valence-corrected chi connectivity index (χ2v) is 2.95. The lowest BCUT2D eigenvalue weighted by Gasteiger charge is -2.06. The van der Waals surface area contributed by atoms with Crippen molar-refractivity contribution in [3.8, 4) is 0 Å². The van der Waals surface area contributed by atoms with E-state index in [0.717, 1.165) is 0 Å². The van der Waals surface area contributed by atoms with Crippen molar-refractivity contribution >= 4 is 5.82 Å². The summed E-state index contributed by atoms with van der Waals surface area (Å²) in [6.07, 6.45) is -0.457. The summed E-state index contributed by atoms with van der Waals surface area (Å²) < 4.78 is 0. The van der Waals surface area contributed by atoms with Gasteiger partial charge in [0.1, 0.15) is 11.6 Å². The Balaban J connectivity index is 2.72. The van der Waals surface area contributed by atoms with Crippen LogP contribution in [0.5, 0.6) is 0 Å². The van der Waals surface area contributed by atoms with Gasteiger partial charge in [0.15, 0.2) is 0 Å². The van der Waals surface area contributed by atoms with Crippen LogP contribution >= 0.6 is 0 Å². The van der Waals surface area contributed by atoms with E-state index in [0.29, 0.717) is 18.2 Å². The van der Waals surface area contributed by atoms with Crippen LogP contribution in [0.3, 0.4) is 0 Å². The molecule has 0 bridgehead atoms. The molecule has 1 aromatic rings. The van der Waals surface area contributed by atoms with Crippen LogP contribution in [0.25, 0.3) is 0 Å². The summed E-state index contributed by atoms with van der Waals surface area (Å²) in [5.41, 5.74) is -0.194. The normalized spacial score (nSPS) is 12.5. The standard InChI is InChI=1S/C8H13N3O2/c1-5(12)4-9-7-3-8(13)11-6(2)10-7/h3,5,12H,4H2,1-2H3,(H2,9,10,11,13). The molecule has 13 heavy (non-hydrogen) atoms. The van der Waals surface area contributed by atoms with Crippen molar-refractivity contribution in [3.63, 3.8) is 0 Å². The van der Waals surface area contributed by atoms with E-state index < -0.39 is 6.10 Å². The minimum Gasteiger partial charge on any atom is -0.392 e. The van der Waals surface area contributed by atoms with Gasteiger partial charge in [-0.1, -0.05) is 0 Å². The van der Waals surface area contributed by atoms with Gasteiger partial charge < -0.3 is 15.4 Å². The highest BCUT2D eigenvalue weighted by Crippen LogP contribution is 1.97. The number of aryl methyl sites for hydroxylation is 1. The maximum atomic E-state index is 11.0. The molecular formula is C8H13N3O2. The lowest BCUT2D eigenvalue weighted by molar-refractivity contribution is 0.208. The van der Waals surface area contributed by atoms with Crippen molar-refractivity contribution in [1.82, 2.24) is 9.97 Å². The van der Waals surface area contributed by atoms with Gasteiger partial charge in [0.2, 0.25) is 0 Å². The monoisotopic (exact) mass is 183 g/mol. The molecule has 1 rings (SSSR count). The van der Waals surface area contributed by atoms with Gasteiger partial charge in [0.05, 0.1) is 6.10 Å².